The Labute approximate surface area is 180 Å². The second-order valence-electron chi connectivity index (χ2n) is 7.73. The molecule has 0 aliphatic heterocycles. The summed E-state index contributed by atoms with van der Waals surface area (Å²) in [5, 5.41) is 9.11. The van der Waals surface area contributed by atoms with Crippen molar-refractivity contribution in [1.82, 2.24) is 9.99 Å². The lowest BCUT2D eigenvalue weighted by Gasteiger charge is -2.08. The molecule has 0 saturated carbocycles. The van der Waals surface area contributed by atoms with Gasteiger partial charge in [0.05, 0.1) is 5.71 Å². The number of benzene rings is 4. The molecule has 0 bridgehead atoms. The number of hydrogen-bond acceptors (Lipinski definition) is 2. The van der Waals surface area contributed by atoms with Gasteiger partial charge in [-0.25, -0.2) is 5.43 Å². The minimum absolute atomic E-state index is 0.0954. The maximum absolute atomic E-state index is 12.5. The largest absolute Gasteiger partial charge is 0.340 e. The van der Waals surface area contributed by atoms with Crippen LogP contribution < -0.4 is 5.43 Å². The van der Waals surface area contributed by atoms with Gasteiger partial charge in [0.25, 0.3) is 0 Å². The molecule has 4 heteroatoms. The van der Waals surface area contributed by atoms with E-state index in [1.165, 1.54) is 16.2 Å². The first-order valence-corrected chi connectivity index (χ1v) is 10.5. The smallest absolute Gasteiger partial charge is 0.241 e. The fourth-order valence-electron chi connectivity index (χ4n) is 4.14. The van der Waals surface area contributed by atoms with Gasteiger partial charge in [-0.05, 0) is 41.5 Å². The number of hydrazone groups is 1. The fourth-order valence-corrected chi connectivity index (χ4v) is 4.14. The molecule has 0 saturated heterocycles. The van der Waals surface area contributed by atoms with Crippen molar-refractivity contribution in [3.63, 3.8) is 0 Å². The van der Waals surface area contributed by atoms with E-state index in [0.717, 1.165) is 27.7 Å². The van der Waals surface area contributed by atoms with Crippen molar-refractivity contribution in [2.45, 2.75) is 19.9 Å². The maximum Gasteiger partial charge on any atom is 0.241 e. The number of fused-ring (bicyclic) bond motifs is 4. The molecule has 0 radical (unpaired) electrons. The number of hydrogen-bond donors (Lipinski definition) is 1. The van der Waals surface area contributed by atoms with Gasteiger partial charge in [0, 0.05) is 34.8 Å². The highest BCUT2D eigenvalue weighted by atomic mass is 16.2. The second kappa shape index (κ2) is 8.07. The van der Waals surface area contributed by atoms with E-state index in [-0.39, 0.29) is 5.91 Å². The third-order valence-electron chi connectivity index (χ3n) is 5.76. The van der Waals surface area contributed by atoms with E-state index >= 15 is 0 Å². The van der Waals surface area contributed by atoms with E-state index < -0.39 is 0 Å². The molecular formula is C27H23N3O. The van der Waals surface area contributed by atoms with Crippen LogP contribution in [0.4, 0.5) is 0 Å². The first kappa shape index (κ1) is 19.1. The highest BCUT2D eigenvalue weighted by Gasteiger charge is 2.11. The number of amides is 1. The van der Waals surface area contributed by atoms with E-state index in [2.05, 4.69) is 75.8 Å². The van der Waals surface area contributed by atoms with Crippen molar-refractivity contribution in [1.29, 1.82) is 0 Å². The van der Waals surface area contributed by atoms with Crippen molar-refractivity contribution in [3.05, 3.63) is 96.6 Å². The highest BCUT2D eigenvalue weighted by molar-refractivity contribution is 6.08. The summed E-state index contributed by atoms with van der Waals surface area (Å²) >= 11 is 0. The summed E-state index contributed by atoms with van der Waals surface area (Å²) in [6, 6.07) is 31.1. The van der Waals surface area contributed by atoms with Gasteiger partial charge in [0.2, 0.25) is 5.91 Å². The number of nitrogens with zero attached hydrogens (tertiary/aromatic N) is 2. The Balaban J connectivity index is 1.32. The molecule has 0 aliphatic carbocycles. The average molecular weight is 406 g/mol. The molecule has 1 amide bonds. The topological polar surface area (TPSA) is 46.4 Å². The third kappa shape index (κ3) is 3.68. The molecular weight excluding hydrogens is 382 g/mol. The molecule has 1 heterocycles. The van der Waals surface area contributed by atoms with E-state index in [1.807, 2.05) is 37.3 Å². The van der Waals surface area contributed by atoms with Crippen LogP contribution in [0.25, 0.3) is 32.6 Å². The first-order chi connectivity index (χ1) is 15.2. The summed E-state index contributed by atoms with van der Waals surface area (Å²) < 4.78 is 2.21. The molecule has 1 N–H and O–H groups in total. The quantitative estimate of drug-likeness (QED) is 0.288. The predicted octanol–water partition coefficient (Wildman–Crippen LogP) is 5.88. The number of carbonyl (C=O) groups is 1. The molecule has 0 atom stereocenters. The Morgan fingerprint density at radius 3 is 2.13 bits per heavy atom. The van der Waals surface area contributed by atoms with Crippen molar-refractivity contribution in [3.8, 4) is 0 Å². The van der Waals surface area contributed by atoms with Crippen molar-refractivity contribution >= 4 is 44.2 Å². The minimum atomic E-state index is -0.0954. The second-order valence-corrected chi connectivity index (χ2v) is 7.73. The molecule has 0 fully saturated rings. The lowest BCUT2D eigenvalue weighted by atomic mass is 10.0. The summed E-state index contributed by atoms with van der Waals surface area (Å²) in [4.78, 5) is 12.5. The van der Waals surface area contributed by atoms with Gasteiger partial charge in [0.15, 0.2) is 0 Å². The summed E-state index contributed by atoms with van der Waals surface area (Å²) in [5.74, 6) is -0.0954. The van der Waals surface area contributed by atoms with Crippen molar-refractivity contribution in [2.24, 2.45) is 5.10 Å². The third-order valence-corrected chi connectivity index (χ3v) is 5.76. The van der Waals surface area contributed by atoms with Crippen LogP contribution in [0.3, 0.4) is 0 Å². The molecule has 152 valence electrons. The lowest BCUT2D eigenvalue weighted by molar-refractivity contribution is -0.121. The lowest BCUT2D eigenvalue weighted by Crippen LogP contribution is -2.20. The van der Waals surface area contributed by atoms with Crippen LogP contribution >= 0.6 is 0 Å². The summed E-state index contributed by atoms with van der Waals surface area (Å²) in [5.41, 5.74) is 6.80. The minimum Gasteiger partial charge on any atom is -0.340 e. The van der Waals surface area contributed by atoms with Gasteiger partial charge >= 0.3 is 0 Å². The van der Waals surface area contributed by atoms with E-state index in [0.29, 0.717) is 13.0 Å². The summed E-state index contributed by atoms with van der Waals surface area (Å²) in [6.45, 7) is 2.52. The van der Waals surface area contributed by atoms with Crippen LogP contribution in [-0.2, 0) is 11.3 Å². The number of para-hydroxylation sites is 2. The first-order valence-electron chi connectivity index (χ1n) is 10.5. The molecule has 5 aromatic rings. The zero-order valence-corrected chi connectivity index (χ0v) is 17.4. The highest BCUT2D eigenvalue weighted by Crippen LogP contribution is 2.28. The van der Waals surface area contributed by atoms with Crippen LogP contribution in [-0.4, -0.2) is 16.2 Å². The van der Waals surface area contributed by atoms with Crippen molar-refractivity contribution in [2.75, 3.05) is 0 Å². The Hall–Kier alpha value is -3.92. The number of aromatic nitrogens is 1. The van der Waals surface area contributed by atoms with Crippen LogP contribution in [0.2, 0.25) is 0 Å². The summed E-state index contributed by atoms with van der Waals surface area (Å²) in [7, 11) is 0. The zero-order chi connectivity index (χ0) is 21.2. The van der Waals surface area contributed by atoms with Crippen LogP contribution in [0.15, 0.2) is 96.1 Å². The Morgan fingerprint density at radius 2 is 1.42 bits per heavy atom. The van der Waals surface area contributed by atoms with Gasteiger partial charge < -0.3 is 4.57 Å². The normalized spacial score (nSPS) is 12.0. The van der Waals surface area contributed by atoms with Gasteiger partial charge in [-0.3, -0.25) is 4.79 Å². The Bertz CT molecular complexity index is 1390. The van der Waals surface area contributed by atoms with E-state index in [4.69, 9.17) is 0 Å². The number of rotatable bonds is 5. The Morgan fingerprint density at radius 1 is 0.806 bits per heavy atom. The van der Waals surface area contributed by atoms with Crippen LogP contribution in [0, 0.1) is 0 Å². The molecule has 5 rings (SSSR count). The van der Waals surface area contributed by atoms with E-state index in [1.54, 1.807) is 0 Å². The fraction of sp³-hybridized carbons (Fsp3) is 0.111. The maximum atomic E-state index is 12.5. The van der Waals surface area contributed by atoms with Crippen molar-refractivity contribution < 1.29 is 4.79 Å². The molecule has 4 aromatic carbocycles. The molecule has 0 aliphatic rings. The predicted molar refractivity (Wildman–Crippen MR) is 128 cm³/mol. The number of carbonyl (C=O) groups excluding carboxylic acids is 1. The molecule has 0 unspecified atom stereocenters. The zero-order valence-electron chi connectivity index (χ0n) is 17.4. The molecule has 4 nitrogen and oxygen atoms in total. The SMILES string of the molecule is CC(=NNC(=O)CCn1c2ccccc2c2ccccc21)c1ccc2ccccc2c1. The molecule has 1 aromatic heterocycles. The molecule has 31 heavy (non-hydrogen) atoms. The monoisotopic (exact) mass is 405 g/mol. The van der Waals surface area contributed by atoms with E-state index in [9.17, 15) is 4.79 Å². The van der Waals surface area contributed by atoms with Gasteiger partial charge in [-0.2, -0.15) is 5.10 Å². The summed E-state index contributed by atoms with van der Waals surface area (Å²) in [6.07, 6.45) is 0.358. The standard InChI is InChI=1S/C27H23N3O/c1-19(21-15-14-20-8-2-3-9-22(20)18-21)28-29-27(31)16-17-30-25-12-6-4-10-23(25)24-11-5-7-13-26(24)30/h2-15,18H,16-17H2,1H3,(H,29,31). The van der Waals surface area contributed by atoms with Crippen LogP contribution in [0.5, 0.6) is 0 Å². The Kier molecular flexibility index (Phi) is 4.97. The van der Waals surface area contributed by atoms with Gasteiger partial charge in [0.1, 0.15) is 0 Å². The van der Waals surface area contributed by atoms with Crippen LogP contribution in [0.1, 0.15) is 18.9 Å². The number of nitrogens with one attached hydrogen (secondary N) is 1. The molecule has 0 spiro atoms. The number of aryl methyl sites for hydroxylation is 1. The van der Waals surface area contributed by atoms with Gasteiger partial charge in [-0.15, -0.1) is 0 Å². The van der Waals surface area contributed by atoms with Gasteiger partial charge in [-0.1, -0.05) is 72.8 Å². The average Bonchev–Trinajstić information content (AvgIpc) is 3.14.